The van der Waals surface area contributed by atoms with Crippen LogP contribution in [0.15, 0.2) is 36.4 Å². The van der Waals surface area contributed by atoms with E-state index in [0.717, 1.165) is 0 Å². The van der Waals surface area contributed by atoms with Crippen molar-refractivity contribution in [2.75, 3.05) is 5.32 Å². The van der Waals surface area contributed by atoms with Crippen LogP contribution in [0.4, 0.5) is 5.69 Å². The molecule has 0 unspecified atom stereocenters. The Morgan fingerprint density at radius 1 is 1.11 bits per heavy atom. The number of hydrogen-bond acceptors (Lipinski definition) is 2. The first kappa shape index (κ1) is 14.4. The molecular formula is C13H8Cl2INO2. The number of hydrogen-bond donors (Lipinski definition) is 2. The van der Waals surface area contributed by atoms with Gasteiger partial charge < -0.3 is 10.4 Å². The van der Waals surface area contributed by atoms with Crippen LogP contribution >= 0.6 is 45.8 Å². The highest BCUT2D eigenvalue weighted by Gasteiger charge is 2.09. The summed E-state index contributed by atoms with van der Waals surface area (Å²) in [4.78, 5) is 12.0. The van der Waals surface area contributed by atoms with Crippen molar-refractivity contribution >= 4 is 57.4 Å². The van der Waals surface area contributed by atoms with Crippen LogP contribution in [-0.2, 0) is 0 Å². The summed E-state index contributed by atoms with van der Waals surface area (Å²) in [5.41, 5.74) is 0.904. The maximum absolute atomic E-state index is 12.0. The summed E-state index contributed by atoms with van der Waals surface area (Å²) < 4.78 is 0.684. The second-order valence-corrected chi connectivity index (χ2v) is 5.73. The average Bonchev–Trinajstić information content (AvgIpc) is 2.37. The standard InChI is InChI=1S/C13H8Cl2INO2/c14-9-3-2-8(6-10(9)15)17-13(19)7-1-4-11(16)12(18)5-7/h1-6,18H,(H,17,19). The Morgan fingerprint density at radius 3 is 2.47 bits per heavy atom. The lowest BCUT2D eigenvalue weighted by atomic mass is 10.2. The first-order valence-electron chi connectivity index (χ1n) is 5.22. The predicted molar refractivity (Wildman–Crippen MR) is 85.2 cm³/mol. The molecule has 1 amide bonds. The van der Waals surface area contributed by atoms with Gasteiger partial charge in [0.05, 0.1) is 13.6 Å². The molecule has 0 aliphatic heterocycles. The van der Waals surface area contributed by atoms with Crippen LogP contribution in [0, 0.1) is 3.57 Å². The summed E-state index contributed by atoms with van der Waals surface area (Å²) in [6.07, 6.45) is 0. The van der Waals surface area contributed by atoms with Crippen LogP contribution in [0.25, 0.3) is 0 Å². The molecule has 6 heteroatoms. The summed E-state index contributed by atoms with van der Waals surface area (Å²) in [5.74, 6) is -0.257. The fourth-order valence-corrected chi connectivity index (χ4v) is 2.06. The van der Waals surface area contributed by atoms with E-state index < -0.39 is 0 Å². The van der Waals surface area contributed by atoms with E-state index in [4.69, 9.17) is 23.2 Å². The molecule has 3 nitrogen and oxygen atoms in total. The molecule has 0 saturated heterocycles. The molecule has 0 bridgehead atoms. The monoisotopic (exact) mass is 407 g/mol. The topological polar surface area (TPSA) is 49.3 Å². The summed E-state index contributed by atoms with van der Waals surface area (Å²) in [7, 11) is 0. The second kappa shape index (κ2) is 5.98. The highest BCUT2D eigenvalue weighted by atomic mass is 127. The number of carbonyl (C=O) groups is 1. The van der Waals surface area contributed by atoms with Gasteiger partial charge in [-0.1, -0.05) is 23.2 Å². The van der Waals surface area contributed by atoms with E-state index in [0.29, 0.717) is 24.9 Å². The van der Waals surface area contributed by atoms with Gasteiger partial charge in [0, 0.05) is 11.3 Å². The van der Waals surface area contributed by atoms with Crippen LogP contribution in [0.3, 0.4) is 0 Å². The van der Waals surface area contributed by atoms with Gasteiger partial charge in [-0.05, 0) is 59.0 Å². The largest absolute Gasteiger partial charge is 0.507 e. The zero-order chi connectivity index (χ0) is 14.0. The Labute approximate surface area is 133 Å². The molecule has 0 aliphatic rings. The minimum Gasteiger partial charge on any atom is -0.507 e. The van der Waals surface area contributed by atoms with Crippen LogP contribution < -0.4 is 5.32 Å². The Hall–Kier alpha value is -0.980. The third kappa shape index (κ3) is 3.52. The molecule has 98 valence electrons. The molecule has 2 aromatic rings. The van der Waals surface area contributed by atoms with Gasteiger partial charge in [-0.25, -0.2) is 0 Å². The molecule has 2 aromatic carbocycles. The molecule has 0 radical (unpaired) electrons. The number of benzene rings is 2. The number of nitrogens with one attached hydrogen (secondary N) is 1. The number of phenols is 1. The molecule has 2 N–H and O–H groups in total. The number of anilines is 1. The Kier molecular flexibility index (Phi) is 4.54. The third-order valence-corrected chi connectivity index (χ3v) is 4.04. The van der Waals surface area contributed by atoms with Crippen LogP contribution in [0.5, 0.6) is 5.75 Å². The lowest BCUT2D eigenvalue weighted by Gasteiger charge is -2.07. The van der Waals surface area contributed by atoms with E-state index in [-0.39, 0.29) is 11.7 Å². The van der Waals surface area contributed by atoms with Crippen molar-refractivity contribution in [3.05, 3.63) is 55.6 Å². The Balaban J connectivity index is 2.20. The van der Waals surface area contributed by atoms with E-state index >= 15 is 0 Å². The van der Waals surface area contributed by atoms with Crippen molar-refractivity contribution in [2.45, 2.75) is 0 Å². The minimum atomic E-state index is -0.329. The predicted octanol–water partition coefficient (Wildman–Crippen LogP) is 4.56. The molecule has 0 saturated carbocycles. The van der Waals surface area contributed by atoms with E-state index in [2.05, 4.69) is 5.32 Å². The SMILES string of the molecule is O=C(Nc1ccc(Cl)c(Cl)c1)c1ccc(I)c(O)c1. The van der Waals surface area contributed by atoms with Crippen LogP contribution in [-0.4, -0.2) is 11.0 Å². The zero-order valence-electron chi connectivity index (χ0n) is 9.45. The summed E-state index contributed by atoms with van der Waals surface area (Å²) in [6, 6.07) is 9.53. The van der Waals surface area contributed by atoms with Crippen molar-refractivity contribution in [3.63, 3.8) is 0 Å². The Bertz CT molecular complexity index is 647. The Morgan fingerprint density at radius 2 is 1.84 bits per heavy atom. The fraction of sp³-hybridized carbons (Fsp3) is 0. The first-order valence-corrected chi connectivity index (χ1v) is 7.06. The van der Waals surface area contributed by atoms with Gasteiger partial charge in [-0.15, -0.1) is 0 Å². The molecular weight excluding hydrogens is 400 g/mol. The molecule has 0 aliphatic carbocycles. The summed E-state index contributed by atoms with van der Waals surface area (Å²) in [5, 5.41) is 13.0. The third-order valence-electron chi connectivity index (χ3n) is 2.39. The molecule has 0 heterocycles. The van der Waals surface area contributed by atoms with Gasteiger partial charge in [0.25, 0.3) is 5.91 Å². The molecule has 19 heavy (non-hydrogen) atoms. The molecule has 0 spiro atoms. The van der Waals surface area contributed by atoms with Crippen molar-refractivity contribution in [1.29, 1.82) is 0 Å². The highest BCUT2D eigenvalue weighted by molar-refractivity contribution is 14.1. The second-order valence-electron chi connectivity index (χ2n) is 3.75. The smallest absolute Gasteiger partial charge is 0.255 e. The van der Waals surface area contributed by atoms with Crippen LogP contribution in [0.2, 0.25) is 10.0 Å². The number of aromatic hydroxyl groups is 1. The maximum atomic E-state index is 12.0. The van der Waals surface area contributed by atoms with E-state index in [9.17, 15) is 9.90 Å². The van der Waals surface area contributed by atoms with Crippen molar-refractivity contribution < 1.29 is 9.90 Å². The van der Waals surface area contributed by atoms with Gasteiger partial charge >= 0.3 is 0 Å². The molecule has 0 aromatic heterocycles. The van der Waals surface area contributed by atoms with Gasteiger partial charge in [0.15, 0.2) is 0 Å². The summed E-state index contributed by atoms with van der Waals surface area (Å²) >= 11 is 13.6. The van der Waals surface area contributed by atoms with E-state index in [1.165, 1.54) is 6.07 Å². The summed E-state index contributed by atoms with van der Waals surface area (Å²) in [6.45, 7) is 0. The minimum absolute atomic E-state index is 0.0717. The van der Waals surface area contributed by atoms with Crippen LogP contribution in [0.1, 0.15) is 10.4 Å². The van der Waals surface area contributed by atoms with Gasteiger partial charge in [0.1, 0.15) is 5.75 Å². The fourth-order valence-electron chi connectivity index (χ4n) is 1.43. The first-order chi connectivity index (χ1) is 8.97. The number of amides is 1. The van der Waals surface area contributed by atoms with Gasteiger partial charge in [0.2, 0.25) is 0 Å². The number of rotatable bonds is 2. The quantitative estimate of drug-likeness (QED) is 0.717. The van der Waals surface area contributed by atoms with E-state index in [1.54, 1.807) is 30.3 Å². The number of phenolic OH excluding ortho intramolecular Hbond substituents is 1. The number of halogens is 3. The molecule has 2 rings (SSSR count). The maximum Gasteiger partial charge on any atom is 0.255 e. The van der Waals surface area contributed by atoms with Gasteiger partial charge in [-0.3, -0.25) is 4.79 Å². The molecule has 0 atom stereocenters. The zero-order valence-corrected chi connectivity index (χ0v) is 13.1. The molecule has 0 fully saturated rings. The highest BCUT2D eigenvalue weighted by Crippen LogP contribution is 2.26. The van der Waals surface area contributed by atoms with Gasteiger partial charge in [-0.2, -0.15) is 0 Å². The normalized spacial score (nSPS) is 10.3. The number of carbonyl (C=O) groups excluding carboxylic acids is 1. The van der Waals surface area contributed by atoms with Crippen molar-refractivity contribution in [2.24, 2.45) is 0 Å². The lowest BCUT2D eigenvalue weighted by molar-refractivity contribution is 0.102. The van der Waals surface area contributed by atoms with Crippen molar-refractivity contribution in [1.82, 2.24) is 0 Å². The lowest BCUT2D eigenvalue weighted by Crippen LogP contribution is -2.11. The van der Waals surface area contributed by atoms with E-state index in [1.807, 2.05) is 22.6 Å². The van der Waals surface area contributed by atoms with Crippen molar-refractivity contribution in [3.8, 4) is 5.75 Å². The average molecular weight is 408 g/mol.